The number of hydrogen-bond donors (Lipinski definition) is 3. The number of rotatable bonds is 12. The van der Waals surface area contributed by atoms with Crippen LogP contribution in [0.2, 0.25) is 0 Å². The first-order valence-corrected chi connectivity index (χ1v) is 12.6. The predicted octanol–water partition coefficient (Wildman–Crippen LogP) is 4.62. The summed E-state index contributed by atoms with van der Waals surface area (Å²) in [6.45, 7) is 4.87. The van der Waals surface area contributed by atoms with Gasteiger partial charge in [0.05, 0.1) is 24.8 Å². The van der Waals surface area contributed by atoms with Crippen LogP contribution in [-0.4, -0.2) is 64.7 Å². The number of fused-ring (bicyclic) bond motifs is 1. The second-order valence-corrected chi connectivity index (χ2v) is 8.90. The van der Waals surface area contributed by atoms with Gasteiger partial charge >= 0.3 is 0 Å². The molecule has 9 nitrogen and oxygen atoms in total. The van der Waals surface area contributed by atoms with Crippen LogP contribution in [0.4, 0.5) is 17.5 Å². The third-order valence-corrected chi connectivity index (χ3v) is 6.36. The van der Waals surface area contributed by atoms with E-state index in [1.165, 1.54) is 31.5 Å². The molecule has 4 heterocycles. The van der Waals surface area contributed by atoms with Crippen LogP contribution in [0.1, 0.15) is 24.8 Å². The lowest BCUT2D eigenvalue weighted by Crippen LogP contribution is -2.21. The van der Waals surface area contributed by atoms with Gasteiger partial charge in [-0.1, -0.05) is 0 Å². The smallest absolute Gasteiger partial charge is 0.229 e. The molecule has 0 unspecified atom stereocenters. The number of hydrogen-bond acceptors (Lipinski definition) is 8. The van der Waals surface area contributed by atoms with E-state index in [-0.39, 0.29) is 0 Å². The molecule has 0 radical (unpaired) electrons. The van der Waals surface area contributed by atoms with Gasteiger partial charge in [0.15, 0.2) is 11.5 Å². The molecular formula is C27H33N7O2. The van der Waals surface area contributed by atoms with E-state index in [2.05, 4.69) is 35.5 Å². The summed E-state index contributed by atoms with van der Waals surface area (Å²) in [7, 11) is 1.66. The van der Waals surface area contributed by atoms with E-state index < -0.39 is 0 Å². The largest absolute Gasteiger partial charge is 0.493 e. The number of nitrogens with zero attached hydrogens (tertiary/aromatic N) is 4. The Hall–Kier alpha value is -3.85. The number of ether oxygens (including phenoxy) is 2. The molecule has 1 aliphatic rings. The van der Waals surface area contributed by atoms with E-state index in [0.29, 0.717) is 24.1 Å². The Morgan fingerprint density at radius 3 is 2.86 bits per heavy atom. The Morgan fingerprint density at radius 1 is 1.06 bits per heavy atom. The Morgan fingerprint density at radius 2 is 1.97 bits per heavy atom. The second-order valence-electron chi connectivity index (χ2n) is 8.90. The van der Waals surface area contributed by atoms with Gasteiger partial charge in [-0.15, -0.1) is 0 Å². The lowest BCUT2D eigenvalue weighted by Gasteiger charge is -2.16. The molecule has 0 aliphatic carbocycles. The van der Waals surface area contributed by atoms with Gasteiger partial charge < -0.3 is 30.0 Å². The average Bonchev–Trinajstić information content (AvgIpc) is 3.57. The minimum absolute atomic E-state index is 0.513. The van der Waals surface area contributed by atoms with Crippen molar-refractivity contribution in [1.82, 2.24) is 24.8 Å². The highest BCUT2D eigenvalue weighted by atomic mass is 16.5. The molecule has 3 N–H and O–H groups in total. The molecular weight excluding hydrogens is 454 g/mol. The Balaban J connectivity index is 1.16. The minimum atomic E-state index is 0.513. The van der Waals surface area contributed by atoms with E-state index in [1.807, 2.05) is 48.8 Å². The summed E-state index contributed by atoms with van der Waals surface area (Å²) in [5.74, 6) is 2.70. The number of likely N-dealkylation sites (tertiary alicyclic amines) is 1. The van der Waals surface area contributed by atoms with E-state index in [9.17, 15) is 0 Å². The zero-order valence-corrected chi connectivity index (χ0v) is 20.7. The number of methoxy groups -OCH3 is 1. The Bertz CT molecular complexity index is 1270. The molecule has 0 atom stereocenters. The molecule has 4 aromatic rings. The number of H-pyrrole nitrogens is 1. The Kier molecular flexibility index (Phi) is 7.77. The molecule has 0 spiro atoms. The van der Waals surface area contributed by atoms with Crippen molar-refractivity contribution in [2.75, 3.05) is 50.5 Å². The normalized spacial score (nSPS) is 13.7. The quantitative estimate of drug-likeness (QED) is 0.249. The van der Waals surface area contributed by atoms with Gasteiger partial charge in [0.1, 0.15) is 5.82 Å². The maximum atomic E-state index is 6.06. The molecule has 1 aliphatic heterocycles. The molecule has 0 amide bonds. The van der Waals surface area contributed by atoms with Crippen molar-refractivity contribution >= 4 is 28.5 Å². The molecule has 36 heavy (non-hydrogen) atoms. The van der Waals surface area contributed by atoms with Gasteiger partial charge in [-0.2, -0.15) is 4.98 Å². The van der Waals surface area contributed by atoms with E-state index in [0.717, 1.165) is 48.5 Å². The van der Waals surface area contributed by atoms with Crippen LogP contribution >= 0.6 is 0 Å². The number of benzene rings is 1. The van der Waals surface area contributed by atoms with Crippen molar-refractivity contribution in [3.63, 3.8) is 0 Å². The van der Waals surface area contributed by atoms with Gasteiger partial charge in [-0.25, -0.2) is 4.98 Å². The van der Waals surface area contributed by atoms with Gasteiger partial charge in [0.2, 0.25) is 5.95 Å². The van der Waals surface area contributed by atoms with Gasteiger partial charge in [-0.3, -0.25) is 4.98 Å². The van der Waals surface area contributed by atoms with Crippen LogP contribution in [0.5, 0.6) is 11.5 Å². The van der Waals surface area contributed by atoms with Gasteiger partial charge in [0, 0.05) is 43.4 Å². The summed E-state index contributed by atoms with van der Waals surface area (Å²) < 4.78 is 11.5. The molecule has 1 aromatic carbocycles. The van der Waals surface area contributed by atoms with Crippen LogP contribution in [0.25, 0.3) is 11.0 Å². The van der Waals surface area contributed by atoms with Crippen LogP contribution in [0.15, 0.2) is 55.0 Å². The highest BCUT2D eigenvalue weighted by Gasteiger charge is 2.12. The first-order valence-electron chi connectivity index (χ1n) is 12.6. The van der Waals surface area contributed by atoms with Crippen molar-refractivity contribution in [2.24, 2.45) is 0 Å². The fourth-order valence-corrected chi connectivity index (χ4v) is 4.52. The Labute approximate surface area is 211 Å². The van der Waals surface area contributed by atoms with E-state index in [4.69, 9.17) is 9.47 Å². The van der Waals surface area contributed by atoms with Crippen molar-refractivity contribution in [2.45, 2.75) is 25.7 Å². The van der Waals surface area contributed by atoms with Crippen LogP contribution in [-0.2, 0) is 6.42 Å². The van der Waals surface area contributed by atoms with Crippen molar-refractivity contribution < 1.29 is 9.47 Å². The molecule has 5 rings (SSSR count). The van der Waals surface area contributed by atoms with Gasteiger partial charge in [0.25, 0.3) is 0 Å². The molecule has 0 saturated carbocycles. The maximum absolute atomic E-state index is 6.06. The van der Waals surface area contributed by atoms with Crippen molar-refractivity contribution in [1.29, 1.82) is 0 Å². The van der Waals surface area contributed by atoms with E-state index >= 15 is 0 Å². The number of nitrogens with one attached hydrogen (secondary N) is 3. The van der Waals surface area contributed by atoms with Gasteiger partial charge in [-0.05, 0) is 74.7 Å². The van der Waals surface area contributed by atoms with Crippen LogP contribution < -0.4 is 20.1 Å². The SMILES string of the molecule is COc1ccc(Nc2nccc(NCCc3c[nH]c4cccnc34)n2)cc1OCCCN1CCCC1. The van der Waals surface area contributed by atoms with Crippen molar-refractivity contribution in [3.8, 4) is 11.5 Å². The predicted molar refractivity (Wildman–Crippen MR) is 142 cm³/mol. The number of anilines is 3. The first kappa shape index (κ1) is 23.9. The summed E-state index contributed by atoms with van der Waals surface area (Å²) in [6.07, 6.45) is 10.0. The number of pyridine rings is 1. The van der Waals surface area contributed by atoms with Crippen LogP contribution in [0.3, 0.4) is 0 Å². The second kappa shape index (κ2) is 11.7. The molecule has 9 heteroatoms. The topological polar surface area (TPSA) is 100 Å². The summed E-state index contributed by atoms with van der Waals surface area (Å²) >= 11 is 0. The number of aromatic nitrogens is 4. The van der Waals surface area contributed by atoms with Crippen LogP contribution in [0, 0.1) is 0 Å². The summed E-state index contributed by atoms with van der Waals surface area (Å²) in [4.78, 5) is 19.2. The first-order chi connectivity index (χ1) is 17.8. The molecule has 3 aromatic heterocycles. The third kappa shape index (κ3) is 6.04. The average molecular weight is 488 g/mol. The fraction of sp³-hybridized carbons (Fsp3) is 0.370. The lowest BCUT2D eigenvalue weighted by molar-refractivity contribution is 0.254. The standard InChI is InChI=1S/C27H33N7O2/c1-35-23-8-7-21(18-24(23)36-17-5-16-34-14-2-3-15-34)32-27-30-13-10-25(33-27)28-12-9-20-19-31-22-6-4-11-29-26(20)22/h4,6-8,10-11,13,18-19,31H,2-3,5,9,12,14-17H2,1H3,(H2,28,30,32,33). The molecule has 1 fully saturated rings. The van der Waals surface area contributed by atoms with E-state index in [1.54, 1.807) is 13.3 Å². The highest BCUT2D eigenvalue weighted by Crippen LogP contribution is 2.31. The summed E-state index contributed by atoms with van der Waals surface area (Å²) in [6, 6.07) is 11.6. The lowest BCUT2D eigenvalue weighted by atomic mass is 10.2. The molecule has 188 valence electrons. The highest BCUT2D eigenvalue weighted by molar-refractivity contribution is 5.78. The third-order valence-electron chi connectivity index (χ3n) is 6.36. The summed E-state index contributed by atoms with van der Waals surface area (Å²) in [5.41, 5.74) is 4.08. The molecule has 0 bridgehead atoms. The molecule has 1 saturated heterocycles. The minimum Gasteiger partial charge on any atom is -0.493 e. The number of aromatic amines is 1. The summed E-state index contributed by atoms with van der Waals surface area (Å²) in [5, 5.41) is 6.66. The monoisotopic (exact) mass is 487 g/mol. The maximum Gasteiger partial charge on any atom is 0.229 e. The zero-order chi connectivity index (χ0) is 24.6. The fourth-order valence-electron chi connectivity index (χ4n) is 4.52. The zero-order valence-electron chi connectivity index (χ0n) is 20.7. The van der Waals surface area contributed by atoms with Crippen molar-refractivity contribution in [3.05, 3.63) is 60.6 Å².